The lowest BCUT2D eigenvalue weighted by atomic mass is 10.0. The molecule has 2 aromatic heterocycles. The van der Waals surface area contributed by atoms with Crippen LogP contribution < -0.4 is 0 Å². The molecule has 2 aromatic rings. The lowest BCUT2D eigenvalue weighted by Crippen LogP contribution is -2.16. The summed E-state index contributed by atoms with van der Waals surface area (Å²) in [5.41, 5.74) is 1.17. The molecule has 0 N–H and O–H groups in total. The number of esters is 1. The zero-order valence-corrected chi connectivity index (χ0v) is 11.7. The highest BCUT2D eigenvalue weighted by Gasteiger charge is 2.23. The van der Waals surface area contributed by atoms with Gasteiger partial charge >= 0.3 is 5.97 Å². The number of hydrogen-bond acceptors (Lipinski definition) is 5. The Kier molecular flexibility index (Phi) is 3.40. The lowest BCUT2D eigenvalue weighted by Gasteiger charge is -2.10. The van der Waals surface area contributed by atoms with Gasteiger partial charge in [0.2, 0.25) is 0 Å². The Hall–Kier alpha value is -1.95. The number of hydrogen-bond donors (Lipinski definition) is 0. The molecule has 1 atom stereocenters. The number of ether oxygens (including phenoxy) is 1. The van der Waals surface area contributed by atoms with Gasteiger partial charge in [-0.05, 0) is 38.1 Å². The third-order valence-electron chi connectivity index (χ3n) is 3.85. The van der Waals surface area contributed by atoms with E-state index in [9.17, 15) is 4.79 Å². The van der Waals surface area contributed by atoms with Crippen LogP contribution >= 0.6 is 0 Å². The highest BCUT2D eigenvalue weighted by molar-refractivity contribution is 5.88. The number of aromatic nitrogens is 3. The van der Waals surface area contributed by atoms with Crippen molar-refractivity contribution in [2.45, 2.75) is 12.8 Å². The molecule has 0 saturated carbocycles. The fourth-order valence-electron chi connectivity index (χ4n) is 2.85. The second kappa shape index (κ2) is 5.20. The SMILES string of the molecule is COC(=O)c1cccc2nnc(CC3CCN(C)C3)n12. The van der Waals surface area contributed by atoms with Gasteiger partial charge in [0.05, 0.1) is 7.11 Å². The number of pyridine rings is 1. The number of likely N-dealkylation sites (tertiary alicyclic amines) is 1. The van der Waals surface area contributed by atoms with Gasteiger partial charge in [0, 0.05) is 13.0 Å². The third kappa shape index (κ3) is 2.27. The van der Waals surface area contributed by atoms with Gasteiger partial charge in [0.1, 0.15) is 11.5 Å². The molecule has 1 saturated heterocycles. The zero-order chi connectivity index (χ0) is 14.1. The summed E-state index contributed by atoms with van der Waals surface area (Å²) in [5.74, 6) is 1.04. The molecule has 0 amide bonds. The van der Waals surface area contributed by atoms with Crippen LogP contribution in [0.2, 0.25) is 0 Å². The van der Waals surface area contributed by atoms with Crippen LogP contribution in [-0.4, -0.2) is 52.7 Å². The fraction of sp³-hybridized carbons (Fsp3) is 0.500. The number of fused-ring (bicyclic) bond motifs is 1. The first kappa shape index (κ1) is 13.1. The van der Waals surface area contributed by atoms with Crippen LogP contribution in [0, 0.1) is 5.92 Å². The van der Waals surface area contributed by atoms with Crippen molar-refractivity contribution in [3.63, 3.8) is 0 Å². The average Bonchev–Trinajstić information content (AvgIpc) is 3.05. The predicted molar refractivity (Wildman–Crippen MR) is 73.6 cm³/mol. The van der Waals surface area contributed by atoms with E-state index in [1.54, 1.807) is 12.1 Å². The van der Waals surface area contributed by atoms with Gasteiger partial charge in [0.25, 0.3) is 0 Å². The highest BCUT2D eigenvalue weighted by Crippen LogP contribution is 2.20. The van der Waals surface area contributed by atoms with Crippen molar-refractivity contribution in [2.24, 2.45) is 5.92 Å². The minimum absolute atomic E-state index is 0.361. The Morgan fingerprint density at radius 3 is 3.00 bits per heavy atom. The fourth-order valence-corrected chi connectivity index (χ4v) is 2.85. The molecule has 0 bridgehead atoms. The molecule has 106 valence electrons. The van der Waals surface area contributed by atoms with Crippen molar-refractivity contribution in [3.8, 4) is 0 Å². The van der Waals surface area contributed by atoms with Gasteiger partial charge in [0.15, 0.2) is 5.65 Å². The van der Waals surface area contributed by atoms with Crippen LogP contribution in [0.15, 0.2) is 18.2 Å². The van der Waals surface area contributed by atoms with E-state index in [1.165, 1.54) is 7.11 Å². The van der Waals surface area contributed by atoms with Crippen LogP contribution in [0.3, 0.4) is 0 Å². The molecule has 0 aromatic carbocycles. The Morgan fingerprint density at radius 2 is 2.30 bits per heavy atom. The van der Waals surface area contributed by atoms with E-state index in [-0.39, 0.29) is 5.97 Å². The normalized spacial score (nSPS) is 19.6. The summed E-state index contributed by atoms with van der Waals surface area (Å²) in [6, 6.07) is 5.39. The van der Waals surface area contributed by atoms with E-state index < -0.39 is 0 Å². The van der Waals surface area contributed by atoms with Crippen molar-refractivity contribution in [3.05, 3.63) is 29.7 Å². The van der Waals surface area contributed by atoms with E-state index in [0.717, 1.165) is 31.8 Å². The van der Waals surface area contributed by atoms with E-state index in [1.807, 2.05) is 10.5 Å². The summed E-state index contributed by atoms with van der Waals surface area (Å²) in [4.78, 5) is 14.2. The molecule has 1 unspecified atom stereocenters. The van der Waals surface area contributed by atoms with E-state index in [0.29, 0.717) is 17.3 Å². The van der Waals surface area contributed by atoms with Gasteiger partial charge in [-0.3, -0.25) is 4.40 Å². The molecule has 6 nitrogen and oxygen atoms in total. The predicted octanol–water partition coefficient (Wildman–Crippen LogP) is 1.01. The number of nitrogens with zero attached hydrogens (tertiary/aromatic N) is 4. The Bertz CT molecular complexity index is 637. The first-order valence-corrected chi connectivity index (χ1v) is 6.79. The maximum Gasteiger partial charge on any atom is 0.355 e. The molecule has 0 radical (unpaired) electrons. The maximum absolute atomic E-state index is 11.9. The molecule has 3 heterocycles. The molecule has 1 aliphatic rings. The van der Waals surface area contributed by atoms with Gasteiger partial charge in [-0.1, -0.05) is 6.07 Å². The van der Waals surface area contributed by atoms with Crippen molar-refractivity contribution >= 4 is 11.6 Å². The molecule has 1 aliphatic heterocycles. The molecule has 3 rings (SSSR count). The van der Waals surface area contributed by atoms with Crippen LogP contribution in [0.5, 0.6) is 0 Å². The van der Waals surface area contributed by atoms with Crippen LogP contribution in [-0.2, 0) is 11.2 Å². The van der Waals surface area contributed by atoms with Gasteiger partial charge in [-0.15, -0.1) is 10.2 Å². The highest BCUT2D eigenvalue weighted by atomic mass is 16.5. The molecule has 6 heteroatoms. The van der Waals surface area contributed by atoms with Crippen molar-refractivity contribution < 1.29 is 9.53 Å². The van der Waals surface area contributed by atoms with Crippen LogP contribution in [0.4, 0.5) is 0 Å². The summed E-state index contributed by atoms with van der Waals surface area (Å²) < 4.78 is 6.64. The van der Waals surface area contributed by atoms with E-state index >= 15 is 0 Å². The first-order chi connectivity index (χ1) is 9.69. The second-order valence-corrected chi connectivity index (χ2v) is 5.33. The van der Waals surface area contributed by atoms with Crippen molar-refractivity contribution in [1.29, 1.82) is 0 Å². The van der Waals surface area contributed by atoms with Gasteiger partial charge in [-0.25, -0.2) is 4.79 Å². The summed E-state index contributed by atoms with van der Waals surface area (Å²) in [6.45, 7) is 2.18. The number of carbonyl (C=O) groups excluding carboxylic acids is 1. The average molecular weight is 274 g/mol. The lowest BCUT2D eigenvalue weighted by molar-refractivity contribution is 0.0592. The minimum Gasteiger partial charge on any atom is -0.464 e. The topological polar surface area (TPSA) is 59.7 Å². The van der Waals surface area contributed by atoms with Crippen LogP contribution in [0.25, 0.3) is 5.65 Å². The monoisotopic (exact) mass is 274 g/mol. The maximum atomic E-state index is 11.9. The summed E-state index contributed by atoms with van der Waals surface area (Å²) in [7, 11) is 3.51. The van der Waals surface area contributed by atoms with Crippen molar-refractivity contribution in [1.82, 2.24) is 19.5 Å². The first-order valence-electron chi connectivity index (χ1n) is 6.79. The summed E-state index contributed by atoms with van der Waals surface area (Å²) >= 11 is 0. The molecule has 0 aliphatic carbocycles. The van der Waals surface area contributed by atoms with Crippen LogP contribution in [0.1, 0.15) is 22.7 Å². The quantitative estimate of drug-likeness (QED) is 0.782. The smallest absolute Gasteiger partial charge is 0.355 e. The molecular weight excluding hydrogens is 256 g/mol. The molecule has 20 heavy (non-hydrogen) atoms. The minimum atomic E-state index is -0.361. The van der Waals surface area contributed by atoms with Gasteiger partial charge < -0.3 is 9.64 Å². The summed E-state index contributed by atoms with van der Waals surface area (Å²) in [5, 5.41) is 8.40. The number of methoxy groups -OCH3 is 1. The van der Waals surface area contributed by atoms with Gasteiger partial charge in [-0.2, -0.15) is 0 Å². The Balaban J connectivity index is 1.96. The molecular formula is C14H18N4O2. The number of carbonyl (C=O) groups is 1. The third-order valence-corrected chi connectivity index (χ3v) is 3.85. The number of rotatable bonds is 3. The van der Waals surface area contributed by atoms with Crippen molar-refractivity contribution in [2.75, 3.05) is 27.2 Å². The Morgan fingerprint density at radius 1 is 1.45 bits per heavy atom. The standard InChI is InChI=1S/C14H18N4O2/c1-17-7-6-10(9-17)8-13-16-15-12-5-3-4-11(18(12)13)14(19)20-2/h3-5,10H,6-9H2,1-2H3. The zero-order valence-electron chi connectivity index (χ0n) is 11.7. The Labute approximate surface area is 117 Å². The second-order valence-electron chi connectivity index (χ2n) is 5.33. The molecule has 0 spiro atoms. The summed E-state index contributed by atoms with van der Waals surface area (Å²) in [6.07, 6.45) is 1.99. The van der Waals surface area contributed by atoms with E-state index in [2.05, 4.69) is 22.1 Å². The largest absolute Gasteiger partial charge is 0.464 e. The van der Waals surface area contributed by atoms with E-state index in [4.69, 9.17) is 4.74 Å². The molecule has 1 fully saturated rings.